The topological polar surface area (TPSA) is 40.6 Å². The monoisotopic (exact) mass is 320 g/mol. The number of aryl methyl sites for hydroxylation is 1. The van der Waals surface area contributed by atoms with E-state index in [1.54, 1.807) is 24.3 Å². The minimum absolute atomic E-state index is 0.163. The average Bonchev–Trinajstić information content (AvgIpc) is 2.84. The van der Waals surface area contributed by atoms with Crippen molar-refractivity contribution < 1.29 is 9.59 Å². The number of nitrogens with zero attached hydrogens (tertiary/aromatic N) is 2. The highest BCUT2D eigenvalue weighted by Crippen LogP contribution is 2.23. The summed E-state index contributed by atoms with van der Waals surface area (Å²) in [5.41, 5.74) is 5.14. The lowest BCUT2D eigenvalue weighted by atomic mass is 9.98. The molecular weight excluding hydrogens is 300 g/mol. The van der Waals surface area contributed by atoms with Gasteiger partial charge in [-0.3, -0.25) is 19.4 Å². The van der Waals surface area contributed by atoms with E-state index in [4.69, 9.17) is 0 Å². The Morgan fingerprint density at radius 3 is 2.33 bits per heavy atom. The number of fused-ring (bicyclic) bond motifs is 2. The van der Waals surface area contributed by atoms with Crippen molar-refractivity contribution in [3.63, 3.8) is 0 Å². The molecule has 0 spiro atoms. The summed E-state index contributed by atoms with van der Waals surface area (Å²) < 4.78 is 0. The maximum atomic E-state index is 12.4. The summed E-state index contributed by atoms with van der Waals surface area (Å²) in [6, 6.07) is 13.7. The van der Waals surface area contributed by atoms with Crippen LogP contribution >= 0.6 is 0 Å². The van der Waals surface area contributed by atoms with Crippen molar-refractivity contribution in [1.29, 1.82) is 0 Å². The molecule has 2 amide bonds. The first kappa shape index (κ1) is 15.1. The highest BCUT2D eigenvalue weighted by molar-refractivity contribution is 6.21. The van der Waals surface area contributed by atoms with Crippen LogP contribution in [-0.4, -0.2) is 41.2 Å². The molecule has 0 saturated carbocycles. The van der Waals surface area contributed by atoms with Gasteiger partial charge in [-0.2, -0.15) is 0 Å². The Labute approximate surface area is 141 Å². The van der Waals surface area contributed by atoms with Crippen molar-refractivity contribution in [2.45, 2.75) is 19.9 Å². The number of hydrogen-bond donors (Lipinski definition) is 0. The fourth-order valence-electron chi connectivity index (χ4n) is 3.61. The summed E-state index contributed by atoms with van der Waals surface area (Å²) in [5, 5.41) is 0. The Kier molecular flexibility index (Phi) is 3.69. The third-order valence-corrected chi connectivity index (χ3v) is 4.97. The van der Waals surface area contributed by atoms with Gasteiger partial charge in [0.2, 0.25) is 0 Å². The molecule has 0 fully saturated rings. The fraction of sp³-hybridized carbons (Fsp3) is 0.300. The standard InChI is InChI=1S/C20H20N2O2/c1-14-6-7-16-13-21(9-8-15(16)12-14)10-11-22-19(23)17-4-2-3-5-18(17)20(22)24/h2-7,12H,8-11,13H2,1H3. The SMILES string of the molecule is Cc1ccc2c(c1)CCN(CCN1C(=O)c3ccccc3C1=O)C2. The van der Waals surface area contributed by atoms with Gasteiger partial charge in [0.05, 0.1) is 11.1 Å². The van der Waals surface area contributed by atoms with E-state index in [9.17, 15) is 9.59 Å². The van der Waals surface area contributed by atoms with Crippen molar-refractivity contribution in [2.75, 3.05) is 19.6 Å². The third-order valence-electron chi connectivity index (χ3n) is 4.97. The number of carbonyl (C=O) groups is 2. The van der Waals surface area contributed by atoms with Gasteiger partial charge in [-0.1, -0.05) is 35.9 Å². The second kappa shape index (κ2) is 5.87. The van der Waals surface area contributed by atoms with Gasteiger partial charge in [-0.15, -0.1) is 0 Å². The first-order valence-electron chi connectivity index (χ1n) is 8.39. The average molecular weight is 320 g/mol. The van der Waals surface area contributed by atoms with Crippen LogP contribution in [0.5, 0.6) is 0 Å². The molecule has 4 rings (SSSR count). The van der Waals surface area contributed by atoms with Crippen LogP contribution in [0.15, 0.2) is 42.5 Å². The van der Waals surface area contributed by atoms with E-state index in [2.05, 4.69) is 30.0 Å². The van der Waals surface area contributed by atoms with Crippen molar-refractivity contribution in [3.8, 4) is 0 Å². The Hall–Kier alpha value is -2.46. The molecule has 0 bridgehead atoms. The number of benzene rings is 2. The number of imide groups is 1. The molecule has 0 saturated heterocycles. The largest absolute Gasteiger partial charge is 0.297 e. The molecule has 2 aliphatic rings. The summed E-state index contributed by atoms with van der Waals surface area (Å²) in [6.45, 7) is 5.15. The molecule has 0 N–H and O–H groups in total. The van der Waals surface area contributed by atoms with E-state index in [1.165, 1.54) is 21.6 Å². The lowest BCUT2D eigenvalue weighted by molar-refractivity contribution is 0.0633. The molecule has 24 heavy (non-hydrogen) atoms. The van der Waals surface area contributed by atoms with Crippen molar-refractivity contribution in [2.24, 2.45) is 0 Å². The summed E-state index contributed by atoms with van der Waals surface area (Å²) in [4.78, 5) is 28.5. The third kappa shape index (κ3) is 2.53. The molecule has 122 valence electrons. The second-order valence-electron chi connectivity index (χ2n) is 6.61. The molecule has 4 heteroatoms. The molecule has 2 aromatic carbocycles. The van der Waals surface area contributed by atoms with E-state index in [1.807, 2.05) is 0 Å². The van der Waals surface area contributed by atoms with E-state index >= 15 is 0 Å². The maximum absolute atomic E-state index is 12.4. The minimum atomic E-state index is -0.163. The summed E-state index contributed by atoms with van der Waals surface area (Å²) in [7, 11) is 0. The van der Waals surface area contributed by atoms with Gasteiger partial charge in [-0.25, -0.2) is 0 Å². The predicted octanol–water partition coefficient (Wildman–Crippen LogP) is 2.65. The minimum Gasteiger partial charge on any atom is -0.297 e. The maximum Gasteiger partial charge on any atom is 0.261 e. The zero-order chi connectivity index (χ0) is 16.7. The van der Waals surface area contributed by atoms with Crippen LogP contribution in [0.2, 0.25) is 0 Å². The number of carbonyl (C=O) groups excluding carboxylic acids is 2. The van der Waals surface area contributed by atoms with Crippen LogP contribution in [0, 0.1) is 6.92 Å². The van der Waals surface area contributed by atoms with Crippen LogP contribution in [0.4, 0.5) is 0 Å². The van der Waals surface area contributed by atoms with Crippen molar-refractivity contribution in [1.82, 2.24) is 9.80 Å². The lowest BCUT2D eigenvalue weighted by Gasteiger charge is -2.30. The Morgan fingerprint density at radius 2 is 1.62 bits per heavy atom. The normalized spacial score (nSPS) is 17.1. The fourth-order valence-corrected chi connectivity index (χ4v) is 3.61. The van der Waals surface area contributed by atoms with Gasteiger partial charge in [0.15, 0.2) is 0 Å². The molecule has 0 unspecified atom stereocenters. The second-order valence-corrected chi connectivity index (χ2v) is 6.61. The van der Waals surface area contributed by atoms with Crippen molar-refractivity contribution in [3.05, 3.63) is 70.3 Å². The Balaban J connectivity index is 1.43. The van der Waals surface area contributed by atoms with E-state index in [0.717, 1.165) is 26.1 Å². The molecule has 0 radical (unpaired) electrons. The molecular formula is C20H20N2O2. The Morgan fingerprint density at radius 1 is 0.917 bits per heavy atom. The zero-order valence-electron chi connectivity index (χ0n) is 13.8. The molecule has 2 aromatic rings. The summed E-state index contributed by atoms with van der Waals surface area (Å²) >= 11 is 0. The van der Waals surface area contributed by atoms with Gasteiger partial charge in [0, 0.05) is 26.2 Å². The van der Waals surface area contributed by atoms with Crippen LogP contribution in [-0.2, 0) is 13.0 Å². The summed E-state index contributed by atoms with van der Waals surface area (Å²) in [5.74, 6) is -0.327. The number of amides is 2. The zero-order valence-corrected chi connectivity index (χ0v) is 13.8. The molecule has 0 aliphatic carbocycles. The number of hydrogen-bond acceptors (Lipinski definition) is 3. The molecule has 0 atom stereocenters. The van der Waals surface area contributed by atoms with E-state index in [-0.39, 0.29) is 11.8 Å². The smallest absolute Gasteiger partial charge is 0.261 e. The first-order valence-corrected chi connectivity index (χ1v) is 8.39. The molecule has 2 aliphatic heterocycles. The predicted molar refractivity (Wildman–Crippen MR) is 92.0 cm³/mol. The molecule has 0 aromatic heterocycles. The van der Waals surface area contributed by atoms with Crippen LogP contribution in [0.1, 0.15) is 37.4 Å². The van der Waals surface area contributed by atoms with Gasteiger partial charge in [0.1, 0.15) is 0 Å². The number of rotatable bonds is 3. The van der Waals surface area contributed by atoms with Gasteiger partial charge in [-0.05, 0) is 36.6 Å². The van der Waals surface area contributed by atoms with Crippen molar-refractivity contribution >= 4 is 11.8 Å². The van der Waals surface area contributed by atoms with Gasteiger partial charge < -0.3 is 0 Å². The lowest BCUT2D eigenvalue weighted by Crippen LogP contribution is -2.40. The highest BCUT2D eigenvalue weighted by atomic mass is 16.2. The van der Waals surface area contributed by atoms with Gasteiger partial charge >= 0.3 is 0 Å². The van der Waals surface area contributed by atoms with Gasteiger partial charge in [0.25, 0.3) is 11.8 Å². The Bertz CT molecular complexity index is 793. The van der Waals surface area contributed by atoms with E-state index in [0.29, 0.717) is 17.7 Å². The summed E-state index contributed by atoms with van der Waals surface area (Å²) in [6.07, 6.45) is 1.03. The first-order chi connectivity index (χ1) is 11.6. The molecule has 2 heterocycles. The van der Waals surface area contributed by atoms with Crippen LogP contribution < -0.4 is 0 Å². The van der Waals surface area contributed by atoms with Crippen LogP contribution in [0.25, 0.3) is 0 Å². The molecule has 4 nitrogen and oxygen atoms in total. The quantitative estimate of drug-likeness (QED) is 0.816. The van der Waals surface area contributed by atoms with E-state index < -0.39 is 0 Å². The van der Waals surface area contributed by atoms with Crippen LogP contribution in [0.3, 0.4) is 0 Å². The highest BCUT2D eigenvalue weighted by Gasteiger charge is 2.35.